The fraction of sp³-hybridized carbons (Fsp3) is 0.391. The molecule has 156 valence electrons. The van der Waals surface area contributed by atoms with E-state index in [1.54, 1.807) is 7.05 Å². The molecular formula is C23H32N4O2. The van der Waals surface area contributed by atoms with Crippen molar-refractivity contribution >= 4 is 17.6 Å². The number of ether oxygens (including phenoxy) is 1. The van der Waals surface area contributed by atoms with Gasteiger partial charge in [0.1, 0.15) is 0 Å². The van der Waals surface area contributed by atoms with Gasteiger partial charge in [-0.25, -0.2) is 0 Å². The number of benzene rings is 2. The third kappa shape index (κ3) is 9.25. The quantitative estimate of drug-likeness (QED) is 0.426. The minimum absolute atomic E-state index is 0.0611. The van der Waals surface area contributed by atoms with E-state index in [1.807, 2.05) is 42.5 Å². The maximum Gasteiger partial charge on any atom is 0.221 e. The highest BCUT2D eigenvalue weighted by Crippen LogP contribution is 2.09. The van der Waals surface area contributed by atoms with Gasteiger partial charge in [-0.3, -0.25) is 9.79 Å². The number of guanidine groups is 1. The van der Waals surface area contributed by atoms with Gasteiger partial charge in [0.2, 0.25) is 5.91 Å². The number of nitrogens with zero attached hydrogens (tertiary/aromatic N) is 1. The van der Waals surface area contributed by atoms with Crippen molar-refractivity contribution in [3.05, 3.63) is 65.7 Å². The summed E-state index contributed by atoms with van der Waals surface area (Å²) in [6, 6.07) is 18.1. The van der Waals surface area contributed by atoms with Crippen molar-refractivity contribution in [3.8, 4) is 0 Å². The predicted octanol–water partition coefficient (Wildman–Crippen LogP) is 3.21. The molecule has 2 rings (SSSR count). The zero-order valence-electron chi connectivity index (χ0n) is 17.6. The van der Waals surface area contributed by atoms with Crippen LogP contribution in [0.15, 0.2) is 59.6 Å². The Balaban J connectivity index is 1.62. The van der Waals surface area contributed by atoms with Crippen molar-refractivity contribution < 1.29 is 9.53 Å². The Morgan fingerprint density at radius 2 is 1.76 bits per heavy atom. The van der Waals surface area contributed by atoms with Crippen molar-refractivity contribution in [1.82, 2.24) is 10.6 Å². The summed E-state index contributed by atoms with van der Waals surface area (Å²) in [5.41, 5.74) is 3.20. The summed E-state index contributed by atoms with van der Waals surface area (Å²) in [6.07, 6.45) is 0.872. The van der Waals surface area contributed by atoms with Gasteiger partial charge in [0.15, 0.2) is 5.96 Å². The molecule has 0 saturated heterocycles. The molecule has 0 fully saturated rings. The van der Waals surface area contributed by atoms with E-state index in [0.29, 0.717) is 19.1 Å². The van der Waals surface area contributed by atoms with Gasteiger partial charge >= 0.3 is 0 Å². The highest BCUT2D eigenvalue weighted by atomic mass is 16.5. The number of carbonyl (C=O) groups excluding carboxylic acids is 1. The molecule has 6 nitrogen and oxygen atoms in total. The smallest absolute Gasteiger partial charge is 0.221 e. The zero-order chi connectivity index (χ0) is 20.9. The van der Waals surface area contributed by atoms with Crippen LogP contribution in [0.2, 0.25) is 0 Å². The Kier molecular flexibility index (Phi) is 9.72. The van der Waals surface area contributed by atoms with Crippen LogP contribution < -0.4 is 16.0 Å². The molecule has 1 atom stereocenters. The second-order valence-corrected chi connectivity index (χ2v) is 7.11. The molecule has 0 bridgehead atoms. The van der Waals surface area contributed by atoms with Gasteiger partial charge in [-0.2, -0.15) is 0 Å². The number of hydrogen-bond donors (Lipinski definition) is 3. The molecule has 29 heavy (non-hydrogen) atoms. The Labute approximate surface area is 173 Å². The molecule has 0 spiro atoms. The monoisotopic (exact) mass is 396 g/mol. The summed E-state index contributed by atoms with van der Waals surface area (Å²) >= 11 is 0. The molecule has 0 aliphatic heterocycles. The summed E-state index contributed by atoms with van der Waals surface area (Å²) in [4.78, 5) is 15.3. The van der Waals surface area contributed by atoms with Crippen LogP contribution in [0.5, 0.6) is 0 Å². The summed E-state index contributed by atoms with van der Waals surface area (Å²) in [5, 5.41) is 9.45. The van der Waals surface area contributed by atoms with Gasteiger partial charge in [-0.1, -0.05) is 49.4 Å². The van der Waals surface area contributed by atoms with Crippen molar-refractivity contribution in [2.24, 2.45) is 10.9 Å². The van der Waals surface area contributed by atoms with Crippen molar-refractivity contribution in [2.45, 2.75) is 26.9 Å². The van der Waals surface area contributed by atoms with Crippen LogP contribution >= 0.6 is 0 Å². The Morgan fingerprint density at radius 3 is 2.41 bits per heavy atom. The normalized spacial score (nSPS) is 12.3. The average molecular weight is 397 g/mol. The van der Waals surface area contributed by atoms with E-state index < -0.39 is 0 Å². The molecule has 1 amide bonds. The molecule has 3 N–H and O–H groups in total. The first-order chi connectivity index (χ1) is 14.1. The molecule has 0 aromatic heterocycles. The number of hydrogen-bond acceptors (Lipinski definition) is 3. The van der Waals surface area contributed by atoms with Crippen LogP contribution in [0.4, 0.5) is 5.69 Å². The van der Waals surface area contributed by atoms with Gasteiger partial charge in [0.25, 0.3) is 0 Å². The van der Waals surface area contributed by atoms with Crippen LogP contribution in [0, 0.1) is 5.92 Å². The van der Waals surface area contributed by atoms with Crippen LogP contribution in [-0.4, -0.2) is 38.6 Å². The molecule has 0 radical (unpaired) electrons. The van der Waals surface area contributed by atoms with E-state index in [2.05, 4.69) is 40.0 Å². The van der Waals surface area contributed by atoms with Crippen molar-refractivity contribution in [2.75, 3.05) is 32.1 Å². The van der Waals surface area contributed by atoms with Gasteiger partial charge in [0, 0.05) is 32.7 Å². The molecule has 0 heterocycles. The molecule has 2 aromatic carbocycles. The number of amides is 1. The minimum Gasteiger partial charge on any atom is -0.376 e. The first-order valence-corrected chi connectivity index (χ1v) is 9.99. The van der Waals surface area contributed by atoms with E-state index in [9.17, 15) is 4.79 Å². The van der Waals surface area contributed by atoms with E-state index in [0.717, 1.165) is 31.2 Å². The van der Waals surface area contributed by atoms with E-state index >= 15 is 0 Å². The fourth-order valence-corrected chi connectivity index (χ4v) is 2.79. The maximum absolute atomic E-state index is 11.1. The summed E-state index contributed by atoms with van der Waals surface area (Å²) < 4.78 is 5.79. The number of aliphatic imine (C=N–C) groups is 1. The van der Waals surface area contributed by atoms with Crippen LogP contribution in [0.3, 0.4) is 0 Å². The van der Waals surface area contributed by atoms with Crippen LogP contribution in [0.1, 0.15) is 25.0 Å². The lowest BCUT2D eigenvalue weighted by molar-refractivity contribution is -0.114. The highest BCUT2D eigenvalue weighted by molar-refractivity contribution is 5.88. The number of nitrogens with one attached hydrogen (secondary N) is 3. The fourth-order valence-electron chi connectivity index (χ4n) is 2.79. The zero-order valence-corrected chi connectivity index (χ0v) is 17.6. The molecule has 0 saturated carbocycles. The summed E-state index contributed by atoms with van der Waals surface area (Å²) in [7, 11) is 1.77. The minimum atomic E-state index is -0.0611. The Hall–Kier alpha value is -2.86. The largest absolute Gasteiger partial charge is 0.376 e. The molecule has 1 unspecified atom stereocenters. The molecule has 0 aliphatic carbocycles. The SMILES string of the molecule is CN=C(NCCc1ccc(NC(C)=O)cc1)NCC(C)COCc1ccccc1. The molecular weight excluding hydrogens is 364 g/mol. The van der Waals surface area contributed by atoms with Crippen LogP contribution in [-0.2, 0) is 22.6 Å². The third-order valence-corrected chi connectivity index (χ3v) is 4.34. The van der Waals surface area contributed by atoms with E-state index in [4.69, 9.17) is 4.74 Å². The molecule has 0 aliphatic rings. The Bertz CT molecular complexity index is 760. The van der Waals surface area contributed by atoms with Gasteiger partial charge in [0.05, 0.1) is 13.2 Å². The highest BCUT2D eigenvalue weighted by Gasteiger charge is 2.05. The lowest BCUT2D eigenvalue weighted by Crippen LogP contribution is -2.40. The lowest BCUT2D eigenvalue weighted by atomic mass is 10.1. The first-order valence-electron chi connectivity index (χ1n) is 9.99. The standard InChI is InChI=1S/C23H32N4O2/c1-18(16-29-17-21-7-5-4-6-8-21)15-26-23(24-3)25-14-13-20-9-11-22(12-10-20)27-19(2)28/h4-12,18H,13-17H2,1-3H3,(H,27,28)(H2,24,25,26). The van der Waals surface area contributed by atoms with Crippen molar-refractivity contribution in [3.63, 3.8) is 0 Å². The second kappa shape index (κ2) is 12.6. The van der Waals surface area contributed by atoms with Crippen molar-refractivity contribution in [1.29, 1.82) is 0 Å². The average Bonchev–Trinajstić information content (AvgIpc) is 2.72. The van der Waals surface area contributed by atoms with Gasteiger partial charge in [-0.15, -0.1) is 0 Å². The summed E-state index contributed by atoms with van der Waals surface area (Å²) in [6.45, 7) is 6.56. The van der Waals surface area contributed by atoms with E-state index in [-0.39, 0.29) is 5.91 Å². The molecule has 2 aromatic rings. The lowest BCUT2D eigenvalue weighted by Gasteiger charge is -2.16. The first kappa shape index (κ1) is 22.4. The topological polar surface area (TPSA) is 74.8 Å². The Morgan fingerprint density at radius 1 is 1.03 bits per heavy atom. The van der Waals surface area contributed by atoms with Gasteiger partial charge < -0.3 is 20.7 Å². The summed E-state index contributed by atoms with van der Waals surface area (Å²) in [5.74, 6) is 1.10. The number of carbonyl (C=O) groups is 1. The number of rotatable bonds is 10. The van der Waals surface area contributed by atoms with Gasteiger partial charge in [-0.05, 0) is 35.6 Å². The predicted molar refractivity (Wildman–Crippen MR) is 119 cm³/mol. The third-order valence-electron chi connectivity index (χ3n) is 4.34. The van der Waals surface area contributed by atoms with E-state index in [1.165, 1.54) is 18.1 Å². The maximum atomic E-state index is 11.1. The molecule has 6 heteroatoms. The second-order valence-electron chi connectivity index (χ2n) is 7.11. The number of anilines is 1. The van der Waals surface area contributed by atoms with Crippen LogP contribution in [0.25, 0.3) is 0 Å².